The van der Waals surface area contributed by atoms with Crippen LogP contribution in [0.25, 0.3) is 0 Å². The van der Waals surface area contributed by atoms with Gasteiger partial charge in [-0.15, -0.1) is 0 Å². The third-order valence-corrected chi connectivity index (χ3v) is 4.39. The largest absolute Gasteiger partial charge is 0.336 e. The summed E-state index contributed by atoms with van der Waals surface area (Å²) in [6.45, 7) is 11.8. The van der Waals surface area contributed by atoms with Crippen LogP contribution in [0.4, 0.5) is 0 Å². The Morgan fingerprint density at radius 1 is 1.47 bits per heavy atom. The average molecular weight is 265 g/mol. The fourth-order valence-electron chi connectivity index (χ4n) is 2.41. The predicted molar refractivity (Wildman–Crippen MR) is 76.4 cm³/mol. The highest BCUT2D eigenvalue weighted by Gasteiger charge is 2.33. The summed E-state index contributed by atoms with van der Waals surface area (Å²) < 4.78 is 0. The third-order valence-electron chi connectivity index (χ3n) is 4.39. The predicted octanol–water partition coefficient (Wildman–Crippen LogP) is 2.16. The van der Waals surface area contributed by atoms with Crippen LogP contribution in [-0.4, -0.2) is 35.5 Å². The molecule has 1 N–H and O–H groups in total. The van der Waals surface area contributed by atoms with Crippen molar-refractivity contribution >= 4 is 5.91 Å². The van der Waals surface area contributed by atoms with Crippen molar-refractivity contribution in [2.24, 2.45) is 11.8 Å². The van der Waals surface area contributed by atoms with Gasteiger partial charge in [0, 0.05) is 6.54 Å². The first-order chi connectivity index (χ1) is 8.80. The van der Waals surface area contributed by atoms with E-state index in [9.17, 15) is 10.1 Å². The second-order valence-corrected chi connectivity index (χ2v) is 6.38. The molecule has 0 aromatic heterocycles. The Morgan fingerprint density at radius 2 is 2.11 bits per heavy atom. The van der Waals surface area contributed by atoms with E-state index < -0.39 is 5.54 Å². The molecule has 0 aromatic rings. The molecule has 1 rings (SSSR count). The van der Waals surface area contributed by atoms with E-state index in [0.29, 0.717) is 5.92 Å². The zero-order chi connectivity index (χ0) is 14.6. The summed E-state index contributed by atoms with van der Waals surface area (Å²) in [5.74, 6) is 0.706. The standard InChI is InChI=1S/C15H27N3O/c1-11(2)15(5,10-16)17-14(19)13(4)18-8-6-7-12(3)9-18/h11-13H,6-9H2,1-5H3,(H,17,19)/t12-,13-,15-/m1/s1. The number of piperidine rings is 1. The van der Waals surface area contributed by atoms with Gasteiger partial charge in [-0.1, -0.05) is 20.8 Å². The maximum atomic E-state index is 12.3. The van der Waals surface area contributed by atoms with Gasteiger partial charge >= 0.3 is 0 Å². The normalized spacial score (nSPS) is 25.4. The topological polar surface area (TPSA) is 56.1 Å². The zero-order valence-electron chi connectivity index (χ0n) is 12.9. The van der Waals surface area contributed by atoms with Crippen molar-refractivity contribution in [3.05, 3.63) is 0 Å². The quantitative estimate of drug-likeness (QED) is 0.847. The van der Waals surface area contributed by atoms with Crippen LogP contribution in [0, 0.1) is 23.2 Å². The lowest BCUT2D eigenvalue weighted by Gasteiger charge is -2.36. The van der Waals surface area contributed by atoms with Gasteiger partial charge in [0.2, 0.25) is 5.91 Å². The summed E-state index contributed by atoms with van der Waals surface area (Å²) in [6, 6.07) is 2.07. The smallest absolute Gasteiger partial charge is 0.238 e. The summed E-state index contributed by atoms with van der Waals surface area (Å²) in [6.07, 6.45) is 2.39. The number of nitriles is 1. The third kappa shape index (κ3) is 3.94. The highest BCUT2D eigenvalue weighted by Crippen LogP contribution is 2.19. The van der Waals surface area contributed by atoms with E-state index in [2.05, 4.69) is 23.2 Å². The Morgan fingerprint density at radius 3 is 2.58 bits per heavy atom. The molecule has 1 fully saturated rings. The minimum Gasteiger partial charge on any atom is -0.336 e. The Hall–Kier alpha value is -1.08. The van der Waals surface area contributed by atoms with Crippen molar-refractivity contribution in [3.63, 3.8) is 0 Å². The summed E-state index contributed by atoms with van der Waals surface area (Å²) in [5, 5.41) is 12.2. The van der Waals surface area contributed by atoms with Gasteiger partial charge in [0.1, 0.15) is 5.54 Å². The highest BCUT2D eigenvalue weighted by molar-refractivity contribution is 5.82. The molecule has 1 amide bonds. The van der Waals surface area contributed by atoms with Crippen LogP contribution in [0.3, 0.4) is 0 Å². The SMILES string of the molecule is CC(C)[C@@](C)(C#N)NC(=O)[C@@H](C)N1CCC[C@@H](C)C1. The molecule has 1 aliphatic heterocycles. The molecule has 1 aliphatic rings. The second-order valence-electron chi connectivity index (χ2n) is 6.38. The number of hydrogen-bond donors (Lipinski definition) is 1. The molecule has 0 aromatic carbocycles. The summed E-state index contributed by atoms with van der Waals surface area (Å²) in [7, 11) is 0. The molecular weight excluding hydrogens is 238 g/mol. The number of amides is 1. The molecule has 0 aliphatic carbocycles. The molecule has 0 saturated carbocycles. The van der Waals surface area contributed by atoms with Gasteiger partial charge in [-0.05, 0) is 45.1 Å². The Labute approximate surface area is 117 Å². The van der Waals surface area contributed by atoms with E-state index in [0.717, 1.165) is 19.5 Å². The van der Waals surface area contributed by atoms with Crippen molar-refractivity contribution < 1.29 is 4.79 Å². The van der Waals surface area contributed by atoms with Crippen molar-refractivity contribution in [2.45, 2.75) is 59.0 Å². The lowest BCUT2D eigenvalue weighted by atomic mass is 9.89. The van der Waals surface area contributed by atoms with Crippen LogP contribution in [0.15, 0.2) is 0 Å². The van der Waals surface area contributed by atoms with E-state index in [1.165, 1.54) is 6.42 Å². The van der Waals surface area contributed by atoms with E-state index in [1.807, 2.05) is 20.8 Å². The van der Waals surface area contributed by atoms with Gasteiger partial charge in [0.15, 0.2) is 0 Å². The van der Waals surface area contributed by atoms with Crippen molar-refractivity contribution in [1.29, 1.82) is 5.26 Å². The van der Waals surface area contributed by atoms with Crippen molar-refractivity contribution in [1.82, 2.24) is 10.2 Å². The van der Waals surface area contributed by atoms with Crippen molar-refractivity contribution in [3.8, 4) is 6.07 Å². The number of likely N-dealkylation sites (tertiary alicyclic amines) is 1. The van der Waals surface area contributed by atoms with Crippen LogP contribution >= 0.6 is 0 Å². The van der Waals surface area contributed by atoms with Gasteiger partial charge in [-0.25, -0.2) is 0 Å². The fraction of sp³-hybridized carbons (Fsp3) is 0.867. The van der Waals surface area contributed by atoms with Gasteiger partial charge in [-0.3, -0.25) is 9.69 Å². The number of rotatable bonds is 4. The molecule has 3 atom stereocenters. The summed E-state index contributed by atoms with van der Waals surface area (Å²) >= 11 is 0. The fourth-order valence-corrected chi connectivity index (χ4v) is 2.41. The lowest BCUT2D eigenvalue weighted by Crippen LogP contribution is -2.56. The molecule has 4 nitrogen and oxygen atoms in total. The average Bonchev–Trinajstić information content (AvgIpc) is 2.37. The van der Waals surface area contributed by atoms with E-state index in [-0.39, 0.29) is 17.9 Å². The number of carbonyl (C=O) groups excluding carboxylic acids is 1. The van der Waals surface area contributed by atoms with Gasteiger partial charge < -0.3 is 5.32 Å². The Kier molecular flexibility index (Phi) is 5.37. The first kappa shape index (κ1) is 16.0. The maximum Gasteiger partial charge on any atom is 0.238 e. The minimum atomic E-state index is -0.785. The van der Waals surface area contributed by atoms with Gasteiger partial charge in [0.25, 0.3) is 0 Å². The Balaban J connectivity index is 2.65. The van der Waals surface area contributed by atoms with Crippen LogP contribution in [-0.2, 0) is 4.79 Å². The number of nitrogens with zero attached hydrogens (tertiary/aromatic N) is 2. The van der Waals surface area contributed by atoms with Crippen molar-refractivity contribution in [2.75, 3.05) is 13.1 Å². The molecule has 19 heavy (non-hydrogen) atoms. The van der Waals surface area contributed by atoms with Crippen LogP contribution in [0.5, 0.6) is 0 Å². The molecule has 108 valence electrons. The Bertz CT molecular complexity index is 361. The van der Waals surface area contributed by atoms with Gasteiger partial charge in [-0.2, -0.15) is 5.26 Å². The van der Waals surface area contributed by atoms with E-state index in [1.54, 1.807) is 6.92 Å². The molecule has 0 spiro atoms. The molecule has 1 saturated heterocycles. The lowest BCUT2D eigenvalue weighted by molar-refractivity contribution is -0.128. The molecular formula is C15H27N3O. The second kappa shape index (κ2) is 6.38. The van der Waals surface area contributed by atoms with Gasteiger partial charge in [0.05, 0.1) is 12.1 Å². The molecule has 0 unspecified atom stereocenters. The van der Waals surface area contributed by atoms with Crippen LogP contribution in [0.2, 0.25) is 0 Å². The summed E-state index contributed by atoms with van der Waals surface area (Å²) in [5.41, 5.74) is -0.785. The highest BCUT2D eigenvalue weighted by atomic mass is 16.2. The van der Waals surface area contributed by atoms with Crippen LogP contribution in [0.1, 0.15) is 47.5 Å². The van der Waals surface area contributed by atoms with E-state index in [4.69, 9.17) is 0 Å². The molecule has 0 bridgehead atoms. The molecule has 0 radical (unpaired) electrons. The first-order valence-corrected chi connectivity index (χ1v) is 7.27. The number of carbonyl (C=O) groups is 1. The van der Waals surface area contributed by atoms with E-state index >= 15 is 0 Å². The van der Waals surface area contributed by atoms with Crippen LogP contribution < -0.4 is 5.32 Å². The molecule has 4 heteroatoms. The summed E-state index contributed by atoms with van der Waals surface area (Å²) in [4.78, 5) is 14.5. The molecule has 1 heterocycles. The minimum absolute atomic E-state index is 0.0353. The zero-order valence-corrected chi connectivity index (χ0v) is 12.9. The number of nitrogens with one attached hydrogen (secondary N) is 1. The first-order valence-electron chi connectivity index (χ1n) is 7.27. The number of hydrogen-bond acceptors (Lipinski definition) is 3. The maximum absolute atomic E-state index is 12.3. The monoisotopic (exact) mass is 265 g/mol.